The zero-order chi connectivity index (χ0) is 20.1. The lowest BCUT2D eigenvalue weighted by molar-refractivity contribution is -0.136. The Morgan fingerprint density at radius 2 is 1.68 bits per heavy atom. The number of carbonyl (C=O) groups excluding carboxylic acids is 1. The van der Waals surface area contributed by atoms with Gasteiger partial charge in [-0.3, -0.25) is 9.59 Å². The number of thiazole rings is 1. The summed E-state index contributed by atoms with van der Waals surface area (Å²) in [7, 11) is 0. The zero-order valence-electron chi connectivity index (χ0n) is 15.7. The van der Waals surface area contributed by atoms with E-state index >= 15 is 0 Å². The first kappa shape index (κ1) is 19.8. The molecule has 5 nitrogen and oxygen atoms in total. The van der Waals surface area contributed by atoms with Gasteiger partial charge in [0.15, 0.2) is 11.6 Å². The quantitative estimate of drug-likeness (QED) is 0.574. The third-order valence-electron chi connectivity index (χ3n) is 4.56. The number of carboxylic acid groups (broad SMARTS) is 1. The molecule has 3 rings (SSSR count). The van der Waals surface area contributed by atoms with Crippen LogP contribution in [-0.4, -0.2) is 28.4 Å². The van der Waals surface area contributed by atoms with Crippen LogP contribution < -0.4 is 4.74 Å². The minimum atomic E-state index is -0.973. The molecule has 0 amide bonds. The summed E-state index contributed by atoms with van der Waals surface area (Å²) in [6, 6.07) is 18.0. The van der Waals surface area contributed by atoms with Crippen LogP contribution in [0.4, 0.5) is 0 Å². The summed E-state index contributed by atoms with van der Waals surface area (Å²) in [6.07, 6.45) is -0.191. The Morgan fingerprint density at radius 3 is 2.32 bits per heavy atom. The van der Waals surface area contributed by atoms with E-state index in [1.54, 1.807) is 5.38 Å². The van der Waals surface area contributed by atoms with Gasteiger partial charge < -0.3 is 9.84 Å². The minimum absolute atomic E-state index is 0.137. The average Bonchev–Trinajstić information content (AvgIpc) is 3.15. The molecule has 0 aliphatic rings. The van der Waals surface area contributed by atoms with Crippen molar-refractivity contribution in [2.24, 2.45) is 0 Å². The predicted octanol–water partition coefficient (Wildman–Crippen LogP) is 4.36. The number of benzene rings is 2. The van der Waals surface area contributed by atoms with Gasteiger partial charge in [0.2, 0.25) is 5.78 Å². The number of aromatic nitrogens is 1. The van der Waals surface area contributed by atoms with Crippen LogP contribution >= 0.6 is 11.3 Å². The Morgan fingerprint density at radius 1 is 1.04 bits per heavy atom. The van der Waals surface area contributed by atoms with Gasteiger partial charge in [-0.25, -0.2) is 4.98 Å². The topological polar surface area (TPSA) is 76.5 Å². The summed E-state index contributed by atoms with van der Waals surface area (Å²) in [5.74, 6) is -0.641. The molecule has 0 saturated heterocycles. The fourth-order valence-electron chi connectivity index (χ4n) is 2.87. The Kier molecular flexibility index (Phi) is 5.90. The van der Waals surface area contributed by atoms with Gasteiger partial charge in [-0.2, -0.15) is 0 Å². The van der Waals surface area contributed by atoms with Crippen LogP contribution in [0.25, 0.3) is 0 Å². The first-order chi connectivity index (χ1) is 13.4. The van der Waals surface area contributed by atoms with Crippen molar-refractivity contribution in [3.63, 3.8) is 0 Å². The zero-order valence-corrected chi connectivity index (χ0v) is 16.5. The number of rotatable bonds is 8. The number of Topliss-reactive ketones (excluding diaryl/α,β-unsaturated/α-hetero) is 1. The number of ketones is 1. The van der Waals surface area contributed by atoms with E-state index in [-0.39, 0.29) is 29.2 Å². The van der Waals surface area contributed by atoms with Gasteiger partial charge in [0.25, 0.3) is 0 Å². The van der Waals surface area contributed by atoms with Crippen molar-refractivity contribution in [2.75, 3.05) is 6.61 Å². The normalized spacial score (nSPS) is 11.2. The van der Waals surface area contributed by atoms with Crippen molar-refractivity contribution in [3.05, 3.63) is 81.8 Å². The number of aliphatic carboxylic acids is 1. The number of ether oxygens (including phenoxy) is 1. The molecular formula is C22H21NO4S. The summed E-state index contributed by atoms with van der Waals surface area (Å²) in [4.78, 5) is 27.0. The minimum Gasteiger partial charge on any atom is -0.485 e. The number of carboxylic acids is 1. The molecule has 0 unspecified atom stereocenters. The molecule has 6 heteroatoms. The Balaban J connectivity index is 1.62. The highest BCUT2D eigenvalue weighted by molar-refractivity contribution is 7.11. The second-order valence-electron chi connectivity index (χ2n) is 6.94. The summed E-state index contributed by atoms with van der Waals surface area (Å²) in [6.45, 7) is 4.19. The largest absolute Gasteiger partial charge is 0.485 e. The molecule has 3 aromatic rings. The van der Waals surface area contributed by atoms with Crippen molar-refractivity contribution < 1.29 is 19.4 Å². The average molecular weight is 395 g/mol. The summed E-state index contributed by atoms with van der Waals surface area (Å²) < 4.78 is 5.59. The second kappa shape index (κ2) is 8.35. The van der Waals surface area contributed by atoms with Crippen molar-refractivity contribution >= 4 is 23.1 Å². The molecule has 0 bridgehead atoms. The van der Waals surface area contributed by atoms with E-state index in [0.29, 0.717) is 11.4 Å². The lowest BCUT2D eigenvalue weighted by Gasteiger charge is -2.26. The van der Waals surface area contributed by atoms with E-state index in [0.717, 1.165) is 16.9 Å². The fourth-order valence-corrected chi connectivity index (χ4v) is 3.62. The molecule has 0 aliphatic heterocycles. The van der Waals surface area contributed by atoms with E-state index in [9.17, 15) is 9.59 Å². The van der Waals surface area contributed by atoms with E-state index in [4.69, 9.17) is 9.84 Å². The molecule has 0 aliphatic carbocycles. The lowest BCUT2D eigenvalue weighted by atomic mass is 9.78. The molecule has 0 saturated carbocycles. The maximum atomic E-state index is 12.2. The monoisotopic (exact) mass is 395 g/mol. The second-order valence-corrected chi connectivity index (χ2v) is 7.80. The van der Waals surface area contributed by atoms with Crippen molar-refractivity contribution in [3.8, 4) is 5.75 Å². The third kappa shape index (κ3) is 4.64. The lowest BCUT2D eigenvalue weighted by Crippen LogP contribution is -2.18. The van der Waals surface area contributed by atoms with Crippen LogP contribution in [0.3, 0.4) is 0 Å². The van der Waals surface area contributed by atoms with Gasteiger partial charge >= 0.3 is 5.97 Å². The van der Waals surface area contributed by atoms with Gasteiger partial charge in [0.05, 0.1) is 12.1 Å². The first-order valence-electron chi connectivity index (χ1n) is 8.84. The molecule has 144 valence electrons. The van der Waals surface area contributed by atoms with Gasteiger partial charge in [0.1, 0.15) is 5.75 Å². The highest BCUT2D eigenvalue weighted by atomic mass is 32.1. The molecule has 1 aromatic heterocycles. The highest BCUT2D eigenvalue weighted by Gasteiger charge is 2.22. The Bertz CT molecular complexity index is 962. The van der Waals surface area contributed by atoms with Crippen LogP contribution in [0.2, 0.25) is 0 Å². The van der Waals surface area contributed by atoms with Gasteiger partial charge in [-0.15, -0.1) is 11.3 Å². The predicted molar refractivity (Wildman–Crippen MR) is 108 cm³/mol. The van der Waals surface area contributed by atoms with Crippen molar-refractivity contribution in [1.29, 1.82) is 0 Å². The molecule has 0 fully saturated rings. The standard InChI is InChI=1S/C22H21NO4S/c1-22(2,15-6-4-3-5-7-15)16-8-10-18(11-9-16)27-13-19(24)21-23-17(14-28-21)12-20(25)26/h3-11,14H,12-13H2,1-2H3,(H,25,26). The first-order valence-corrected chi connectivity index (χ1v) is 9.72. The molecule has 0 atom stereocenters. The number of carbonyl (C=O) groups is 2. The van der Waals surface area contributed by atoms with Gasteiger partial charge in [-0.05, 0) is 23.3 Å². The molecule has 0 spiro atoms. The number of hydrogen-bond acceptors (Lipinski definition) is 5. The van der Waals surface area contributed by atoms with E-state index < -0.39 is 5.97 Å². The smallest absolute Gasteiger partial charge is 0.309 e. The van der Waals surface area contributed by atoms with Crippen molar-refractivity contribution in [2.45, 2.75) is 25.7 Å². The van der Waals surface area contributed by atoms with Crippen molar-refractivity contribution in [1.82, 2.24) is 4.98 Å². The fraction of sp³-hybridized carbons (Fsp3) is 0.227. The Labute approximate surface area is 167 Å². The molecule has 0 radical (unpaired) electrons. The SMILES string of the molecule is CC(C)(c1ccccc1)c1ccc(OCC(=O)c2nc(CC(=O)O)cs2)cc1. The van der Waals surface area contributed by atoms with E-state index in [2.05, 4.69) is 31.0 Å². The number of hydrogen-bond donors (Lipinski definition) is 1. The molecule has 2 aromatic carbocycles. The maximum Gasteiger partial charge on any atom is 0.309 e. The molecule has 1 heterocycles. The maximum absolute atomic E-state index is 12.2. The summed E-state index contributed by atoms with van der Waals surface area (Å²) in [5.41, 5.74) is 2.61. The Hall–Kier alpha value is -2.99. The summed E-state index contributed by atoms with van der Waals surface area (Å²) in [5, 5.41) is 10.6. The summed E-state index contributed by atoms with van der Waals surface area (Å²) >= 11 is 1.13. The van der Waals surface area contributed by atoms with Crippen LogP contribution in [-0.2, 0) is 16.6 Å². The van der Waals surface area contributed by atoms with E-state index in [1.165, 1.54) is 5.56 Å². The van der Waals surface area contributed by atoms with E-state index in [1.807, 2.05) is 42.5 Å². The van der Waals surface area contributed by atoms with Gasteiger partial charge in [0, 0.05) is 10.8 Å². The molecular weight excluding hydrogens is 374 g/mol. The molecule has 1 N–H and O–H groups in total. The van der Waals surface area contributed by atoms with Crippen LogP contribution in [0, 0.1) is 0 Å². The molecule has 28 heavy (non-hydrogen) atoms. The number of nitrogens with zero attached hydrogens (tertiary/aromatic N) is 1. The highest BCUT2D eigenvalue weighted by Crippen LogP contribution is 2.32. The van der Waals surface area contributed by atoms with Crippen LogP contribution in [0.5, 0.6) is 5.75 Å². The van der Waals surface area contributed by atoms with Crippen LogP contribution in [0.15, 0.2) is 60.0 Å². The van der Waals surface area contributed by atoms with Gasteiger partial charge in [-0.1, -0.05) is 56.3 Å². The van der Waals surface area contributed by atoms with Crippen LogP contribution in [0.1, 0.15) is 40.5 Å². The third-order valence-corrected chi connectivity index (χ3v) is 5.50.